The van der Waals surface area contributed by atoms with Crippen LogP contribution in [-0.2, 0) is 30.9 Å². The van der Waals surface area contributed by atoms with E-state index < -0.39 is 40.7 Å². The summed E-state index contributed by atoms with van der Waals surface area (Å²) in [6.07, 6.45) is -8.36. The summed E-state index contributed by atoms with van der Waals surface area (Å²) in [4.78, 5) is 4.38. The second kappa shape index (κ2) is 12.0. The Morgan fingerprint density at radius 1 is 0.705 bits per heavy atom. The number of hydrogen-bond acceptors (Lipinski definition) is 3. The third-order valence-corrected chi connectivity index (χ3v) is 7.15. The molecule has 3 aromatic carbocycles. The molecule has 228 valence electrons. The minimum atomic E-state index is -4.86. The Bertz CT molecular complexity index is 1750. The second-order valence-corrected chi connectivity index (χ2v) is 10.4. The third-order valence-electron chi connectivity index (χ3n) is 6.93. The molecule has 5 rings (SSSR count). The molecular formula is C32H21ClF8N2O. The van der Waals surface area contributed by atoms with Crippen LogP contribution in [0.5, 0.6) is 0 Å². The lowest BCUT2D eigenvalue weighted by atomic mass is 9.79. The van der Waals surface area contributed by atoms with Crippen molar-refractivity contribution < 1.29 is 39.5 Å². The first kappa shape index (κ1) is 31.2. The Kier molecular flexibility index (Phi) is 8.55. The smallest absolute Gasteiger partial charge is 0.416 e. The van der Waals surface area contributed by atoms with Crippen molar-refractivity contribution in [2.24, 2.45) is 0 Å². The fourth-order valence-electron chi connectivity index (χ4n) is 4.89. The highest BCUT2D eigenvalue weighted by Gasteiger charge is 2.40. The van der Waals surface area contributed by atoms with Gasteiger partial charge in [0, 0.05) is 18.2 Å². The van der Waals surface area contributed by atoms with Crippen molar-refractivity contribution in [3.05, 3.63) is 148 Å². The zero-order chi connectivity index (χ0) is 31.7. The van der Waals surface area contributed by atoms with Crippen molar-refractivity contribution in [3.8, 4) is 11.3 Å². The summed E-state index contributed by atoms with van der Waals surface area (Å²) in [5.41, 5.74) is -3.42. The molecule has 12 heteroatoms. The molecule has 0 spiro atoms. The molecule has 5 aromatic rings. The van der Waals surface area contributed by atoms with Gasteiger partial charge in [0.2, 0.25) is 0 Å². The number of benzene rings is 3. The molecule has 0 fully saturated rings. The molecule has 1 atom stereocenters. The molecule has 2 heterocycles. The normalized spacial score (nSPS) is 13.6. The van der Waals surface area contributed by atoms with Crippen LogP contribution in [0.25, 0.3) is 11.3 Å². The number of furan rings is 1. The molecule has 0 bridgehead atoms. The zero-order valence-corrected chi connectivity index (χ0v) is 23.2. The lowest BCUT2D eigenvalue weighted by Gasteiger charge is -2.36. The predicted octanol–water partition coefficient (Wildman–Crippen LogP) is 9.59. The molecule has 0 amide bonds. The maximum absolute atomic E-state index is 14.8. The van der Waals surface area contributed by atoms with Crippen molar-refractivity contribution in [1.82, 2.24) is 10.3 Å². The Hall–Kier alpha value is -4.22. The minimum Gasteiger partial charge on any atom is -0.460 e. The van der Waals surface area contributed by atoms with Gasteiger partial charge in [0.05, 0.1) is 33.9 Å². The first-order chi connectivity index (χ1) is 20.7. The topological polar surface area (TPSA) is 38.1 Å². The summed E-state index contributed by atoms with van der Waals surface area (Å²) >= 11 is 6.06. The second-order valence-electron chi connectivity index (χ2n) is 10.0. The first-order valence-electron chi connectivity index (χ1n) is 13.0. The van der Waals surface area contributed by atoms with E-state index in [-0.39, 0.29) is 46.3 Å². The average Bonchev–Trinajstić information content (AvgIpc) is 3.44. The number of nitrogens with zero attached hydrogens (tertiary/aromatic N) is 1. The molecule has 0 saturated carbocycles. The van der Waals surface area contributed by atoms with Crippen LogP contribution in [0, 0.1) is 11.6 Å². The van der Waals surface area contributed by atoms with E-state index in [1.54, 1.807) is 30.3 Å². The van der Waals surface area contributed by atoms with Crippen LogP contribution in [0.4, 0.5) is 35.1 Å². The predicted molar refractivity (Wildman–Crippen MR) is 148 cm³/mol. The summed E-state index contributed by atoms with van der Waals surface area (Å²) in [6, 6.07) is 18.6. The van der Waals surface area contributed by atoms with Crippen molar-refractivity contribution in [3.63, 3.8) is 0 Å². The lowest BCUT2D eigenvalue weighted by Crippen LogP contribution is -2.46. The molecule has 0 aliphatic rings. The summed E-state index contributed by atoms with van der Waals surface area (Å²) in [6.45, 7) is -0.198. The Morgan fingerprint density at radius 2 is 1.34 bits per heavy atom. The quantitative estimate of drug-likeness (QED) is 0.172. The standard InChI is InChI=1S/C32H21ClF8N2O/c33-24-6-9-29(42-17-24)30(16-19-4-2-1-3-5-19,21-12-23(32(39,40)41)15-26(35)13-21)43-18-27-7-8-28(44-27)20-10-22(31(36,37)38)14-25(34)11-20/h1-15,17,43H,16,18H2. The van der Waals surface area contributed by atoms with Gasteiger partial charge in [-0.05, 0) is 71.8 Å². The maximum Gasteiger partial charge on any atom is 0.416 e. The van der Waals surface area contributed by atoms with Crippen molar-refractivity contribution >= 4 is 11.6 Å². The number of rotatable bonds is 8. The number of pyridine rings is 1. The van der Waals surface area contributed by atoms with Gasteiger partial charge in [-0.1, -0.05) is 41.9 Å². The van der Waals surface area contributed by atoms with Gasteiger partial charge in [0.15, 0.2) is 0 Å². The van der Waals surface area contributed by atoms with Crippen LogP contribution in [0.3, 0.4) is 0 Å². The van der Waals surface area contributed by atoms with E-state index in [1.165, 1.54) is 30.5 Å². The Balaban J connectivity index is 1.61. The Morgan fingerprint density at radius 3 is 1.98 bits per heavy atom. The number of halogens is 9. The average molecular weight is 637 g/mol. The summed E-state index contributed by atoms with van der Waals surface area (Å²) in [5, 5.41) is 3.43. The third kappa shape index (κ3) is 6.95. The molecule has 0 aliphatic carbocycles. The van der Waals surface area contributed by atoms with Gasteiger partial charge in [0.1, 0.15) is 23.2 Å². The molecule has 0 aliphatic heterocycles. The van der Waals surface area contributed by atoms with Gasteiger partial charge < -0.3 is 4.42 Å². The lowest BCUT2D eigenvalue weighted by molar-refractivity contribution is -0.138. The van der Waals surface area contributed by atoms with Crippen LogP contribution < -0.4 is 5.32 Å². The molecule has 44 heavy (non-hydrogen) atoms. The fourth-order valence-corrected chi connectivity index (χ4v) is 5.00. The van der Waals surface area contributed by atoms with E-state index in [4.69, 9.17) is 16.0 Å². The van der Waals surface area contributed by atoms with Crippen molar-refractivity contribution in [2.75, 3.05) is 0 Å². The first-order valence-corrected chi connectivity index (χ1v) is 13.4. The number of hydrogen-bond donors (Lipinski definition) is 1. The summed E-state index contributed by atoms with van der Waals surface area (Å²) in [7, 11) is 0. The van der Waals surface area contributed by atoms with Crippen LogP contribution in [0.2, 0.25) is 5.02 Å². The monoisotopic (exact) mass is 636 g/mol. The minimum absolute atomic E-state index is 0.00434. The van der Waals surface area contributed by atoms with E-state index in [9.17, 15) is 35.1 Å². The zero-order valence-electron chi connectivity index (χ0n) is 22.4. The number of alkyl halides is 6. The van der Waals surface area contributed by atoms with Crippen LogP contribution in [0.15, 0.2) is 102 Å². The molecule has 0 saturated heterocycles. The number of nitrogens with one attached hydrogen (secondary N) is 1. The van der Waals surface area contributed by atoms with Gasteiger partial charge in [-0.3, -0.25) is 10.3 Å². The summed E-state index contributed by atoms with van der Waals surface area (Å²) < 4.78 is 116. The van der Waals surface area contributed by atoms with Crippen molar-refractivity contribution in [1.29, 1.82) is 0 Å². The summed E-state index contributed by atoms with van der Waals surface area (Å²) in [5.74, 6) is -2.17. The van der Waals surface area contributed by atoms with Gasteiger partial charge in [-0.15, -0.1) is 0 Å². The van der Waals surface area contributed by atoms with Gasteiger partial charge in [-0.25, -0.2) is 8.78 Å². The van der Waals surface area contributed by atoms with Crippen molar-refractivity contribution in [2.45, 2.75) is 30.9 Å². The molecule has 1 N–H and O–H groups in total. The molecule has 2 aromatic heterocycles. The highest BCUT2D eigenvalue weighted by Crippen LogP contribution is 2.39. The highest BCUT2D eigenvalue weighted by molar-refractivity contribution is 6.30. The molecule has 1 unspecified atom stereocenters. The van der Waals surface area contributed by atoms with E-state index in [1.807, 2.05) is 0 Å². The van der Waals surface area contributed by atoms with E-state index in [0.29, 0.717) is 17.7 Å². The van der Waals surface area contributed by atoms with Gasteiger partial charge in [-0.2, -0.15) is 26.3 Å². The van der Waals surface area contributed by atoms with Gasteiger partial charge in [0.25, 0.3) is 0 Å². The molecular weight excluding hydrogens is 616 g/mol. The van der Waals surface area contributed by atoms with Crippen LogP contribution in [-0.4, -0.2) is 4.98 Å². The highest BCUT2D eigenvalue weighted by atomic mass is 35.5. The van der Waals surface area contributed by atoms with E-state index in [0.717, 1.165) is 24.3 Å². The van der Waals surface area contributed by atoms with E-state index in [2.05, 4.69) is 10.3 Å². The fraction of sp³-hybridized carbons (Fsp3) is 0.156. The molecule has 3 nitrogen and oxygen atoms in total. The van der Waals surface area contributed by atoms with E-state index >= 15 is 0 Å². The number of aromatic nitrogens is 1. The Labute approximate surface area is 251 Å². The largest absolute Gasteiger partial charge is 0.460 e. The maximum atomic E-state index is 14.8. The molecule has 0 radical (unpaired) electrons. The van der Waals surface area contributed by atoms with Crippen LogP contribution in [0.1, 0.15) is 33.7 Å². The SMILES string of the molecule is Fc1cc(-c2ccc(CNC(Cc3ccccc3)(c3cc(F)cc(C(F)(F)F)c3)c3ccc(Cl)cn3)o2)cc(C(F)(F)F)c1. The van der Waals surface area contributed by atoms with Gasteiger partial charge >= 0.3 is 12.4 Å². The van der Waals surface area contributed by atoms with Crippen LogP contribution >= 0.6 is 11.6 Å².